The van der Waals surface area contributed by atoms with Gasteiger partial charge in [-0.15, -0.1) is 0 Å². The van der Waals surface area contributed by atoms with Gasteiger partial charge in [0.25, 0.3) is 0 Å². The third kappa shape index (κ3) is 4.64. The largest absolute Gasteiger partial charge is 0.0996 e. The lowest BCUT2D eigenvalue weighted by atomic mass is 9.51. The smallest absolute Gasteiger partial charge is 0.0265 e. The van der Waals surface area contributed by atoms with E-state index in [0.29, 0.717) is 23.7 Å². The summed E-state index contributed by atoms with van der Waals surface area (Å²) in [5, 5.41) is 0. The van der Waals surface area contributed by atoms with Crippen LogP contribution in [0.15, 0.2) is 0 Å². The highest BCUT2D eigenvalue weighted by Crippen LogP contribution is 2.55. The normalized spacial score (nSPS) is 40.1. The standard InChI is InChI=1S/C30H44/c1-3-11-23(12-4-1)19-21-29-25-15-7-9-17-27(25)30(28-18-10-8-16-26(28)29)22-20-24-13-5-2-6-14-24/h23-30H,1-18H2. The van der Waals surface area contributed by atoms with Crippen molar-refractivity contribution in [2.24, 2.45) is 47.3 Å². The Labute approximate surface area is 186 Å². The van der Waals surface area contributed by atoms with E-state index in [4.69, 9.17) is 0 Å². The van der Waals surface area contributed by atoms with Gasteiger partial charge in [-0.05, 0) is 75.0 Å². The Morgan fingerprint density at radius 1 is 0.300 bits per heavy atom. The minimum Gasteiger partial charge on any atom is -0.0996 e. The molecule has 0 N–H and O–H groups in total. The van der Waals surface area contributed by atoms with Crippen LogP contribution < -0.4 is 0 Å². The summed E-state index contributed by atoms with van der Waals surface area (Å²) in [5.74, 6) is 22.1. The Bertz CT molecular complexity index is 584. The maximum atomic E-state index is 4.02. The molecule has 5 saturated carbocycles. The molecule has 0 heterocycles. The lowest BCUT2D eigenvalue weighted by Crippen LogP contribution is -2.48. The van der Waals surface area contributed by atoms with Crippen molar-refractivity contribution < 1.29 is 0 Å². The molecule has 0 aromatic rings. The maximum absolute atomic E-state index is 4.02. The van der Waals surface area contributed by atoms with E-state index in [1.54, 1.807) is 0 Å². The molecule has 5 rings (SSSR count). The van der Waals surface area contributed by atoms with Crippen molar-refractivity contribution >= 4 is 0 Å². The first-order chi connectivity index (χ1) is 14.9. The highest BCUT2D eigenvalue weighted by atomic mass is 14.5. The zero-order chi connectivity index (χ0) is 20.2. The maximum Gasteiger partial charge on any atom is 0.0265 e. The van der Waals surface area contributed by atoms with Crippen LogP contribution in [0, 0.1) is 71.0 Å². The highest BCUT2D eigenvalue weighted by molar-refractivity contribution is 5.20. The summed E-state index contributed by atoms with van der Waals surface area (Å²) in [4.78, 5) is 0. The van der Waals surface area contributed by atoms with Crippen LogP contribution in [0.1, 0.15) is 116 Å². The van der Waals surface area contributed by atoms with Gasteiger partial charge < -0.3 is 0 Å². The van der Waals surface area contributed by atoms with Crippen molar-refractivity contribution in [3.8, 4) is 23.7 Å². The average Bonchev–Trinajstić information content (AvgIpc) is 2.82. The molecule has 0 radical (unpaired) electrons. The molecule has 0 saturated heterocycles. The van der Waals surface area contributed by atoms with Crippen LogP contribution in [0.4, 0.5) is 0 Å². The van der Waals surface area contributed by atoms with Gasteiger partial charge in [0.15, 0.2) is 0 Å². The average molecular weight is 405 g/mol. The number of rotatable bonds is 0. The molecule has 5 fully saturated rings. The van der Waals surface area contributed by atoms with Gasteiger partial charge in [-0.1, -0.05) is 87.9 Å². The Morgan fingerprint density at radius 3 is 0.933 bits per heavy atom. The minimum atomic E-state index is 0.704. The summed E-state index contributed by atoms with van der Waals surface area (Å²) in [5.41, 5.74) is 0. The van der Waals surface area contributed by atoms with Crippen LogP contribution >= 0.6 is 0 Å². The molecule has 4 unspecified atom stereocenters. The fourth-order valence-corrected chi connectivity index (χ4v) is 8.15. The van der Waals surface area contributed by atoms with Gasteiger partial charge >= 0.3 is 0 Å². The second-order valence-corrected chi connectivity index (χ2v) is 11.5. The first-order valence-electron chi connectivity index (χ1n) is 13.9. The lowest BCUT2D eigenvalue weighted by Gasteiger charge is -2.53. The van der Waals surface area contributed by atoms with Gasteiger partial charge in [-0.3, -0.25) is 0 Å². The molecule has 0 aromatic carbocycles. The van der Waals surface area contributed by atoms with Crippen LogP contribution in [0.2, 0.25) is 0 Å². The quantitative estimate of drug-likeness (QED) is 0.359. The molecule has 0 spiro atoms. The third-order valence-corrected chi connectivity index (χ3v) is 9.71. The van der Waals surface area contributed by atoms with Crippen LogP contribution in [0.3, 0.4) is 0 Å². The van der Waals surface area contributed by atoms with Gasteiger partial charge in [-0.2, -0.15) is 0 Å². The zero-order valence-corrected chi connectivity index (χ0v) is 19.3. The summed E-state index contributed by atoms with van der Waals surface area (Å²) in [6.07, 6.45) is 25.6. The van der Waals surface area contributed by atoms with Crippen molar-refractivity contribution in [2.45, 2.75) is 116 Å². The summed E-state index contributed by atoms with van der Waals surface area (Å²) in [6, 6.07) is 0. The summed E-state index contributed by atoms with van der Waals surface area (Å²) in [6.45, 7) is 0. The lowest BCUT2D eigenvalue weighted by molar-refractivity contribution is -0.0163. The van der Waals surface area contributed by atoms with Crippen molar-refractivity contribution in [2.75, 3.05) is 0 Å². The van der Waals surface area contributed by atoms with E-state index in [0.717, 1.165) is 23.7 Å². The topological polar surface area (TPSA) is 0 Å². The fraction of sp³-hybridized carbons (Fsp3) is 0.867. The summed E-state index contributed by atoms with van der Waals surface area (Å²) >= 11 is 0. The molecule has 30 heavy (non-hydrogen) atoms. The summed E-state index contributed by atoms with van der Waals surface area (Å²) in [7, 11) is 0. The van der Waals surface area contributed by atoms with E-state index in [1.165, 1.54) is 116 Å². The van der Waals surface area contributed by atoms with Crippen LogP contribution in [0.25, 0.3) is 0 Å². The van der Waals surface area contributed by atoms with Crippen molar-refractivity contribution in [1.29, 1.82) is 0 Å². The molecule has 164 valence electrons. The second-order valence-electron chi connectivity index (χ2n) is 11.5. The van der Waals surface area contributed by atoms with Gasteiger partial charge in [0.2, 0.25) is 0 Å². The van der Waals surface area contributed by atoms with Crippen LogP contribution in [-0.4, -0.2) is 0 Å². The summed E-state index contributed by atoms with van der Waals surface area (Å²) < 4.78 is 0. The van der Waals surface area contributed by atoms with Gasteiger partial charge in [-0.25, -0.2) is 0 Å². The van der Waals surface area contributed by atoms with E-state index in [1.807, 2.05) is 0 Å². The molecule has 0 amide bonds. The predicted octanol–water partition coefficient (Wildman–Crippen LogP) is 8.01. The van der Waals surface area contributed by atoms with E-state index >= 15 is 0 Å². The Kier molecular flexibility index (Phi) is 7.11. The van der Waals surface area contributed by atoms with Gasteiger partial charge in [0, 0.05) is 23.7 Å². The molecule has 0 aromatic heterocycles. The second kappa shape index (κ2) is 10.2. The van der Waals surface area contributed by atoms with E-state index in [2.05, 4.69) is 23.7 Å². The molecular weight excluding hydrogens is 360 g/mol. The first-order valence-corrected chi connectivity index (χ1v) is 13.9. The zero-order valence-electron chi connectivity index (χ0n) is 19.3. The molecule has 0 heteroatoms. The molecule has 0 nitrogen and oxygen atoms in total. The SMILES string of the molecule is C(#CC1C2CCCCC2C(C#CC2CCCCC2)C2CCCCC12)C1CCCCC1. The first kappa shape index (κ1) is 21.0. The predicted molar refractivity (Wildman–Crippen MR) is 127 cm³/mol. The molecule has 0 bridgehead atoms. The Balaban J connectivity index is 1.39. The minimum absolute atomic E-state index is 0.704. The Hall–Kier alpha value is -0.880. The fourth-order valence-electron chi connectivity index (χ4n) is 8.15. The van der Waals surface area contributed by atoms with E-state index in [-0.39, 0.29) is 0 Å². The number of fused-ring (bicyclic) bond motifs is 2. The van der Waals surface area contributed by atoms with Gasteiger partial charge in [0.05, 0.1) is 0 Å². The molecule has 5 aliphatic rings. The molecular formula is C30H44. The molecule has 4 atom stereocenters. The van der Waals surface area contributed by atoms with Crippen molar-refractivity contribution in [3.63, 3.8) is 0 Å². The highest BCUT2D eigenvalue weighted by Gasteiger charge is 2.50. The van der Waals surface area contributed by atoms with Crippen molar-refractivity contribution in [1.82, 2.24) is 0 Å². The van der Waals surface area contributed by atoms with Crippen molar-refractivity contribution in [3.05, 3.63) is 0 Å². The van der Waals surface area contributed by atoms with Crippen LogP contribution in [0.5, 0.6) is 0 Å². The molecule has 0 aliphatic heterocycles. The number of hydrogen-bond acceptors (Lipinski definition) is 0. The molecule has 5 aliphatic carbocycles. The number of hydrogen-bond donors (Lipinski definition) is 0. The third-order valence-electron chi connectivity index (χ3n) is 9.71. The van der Waals surface area contributed by atoms with Crippen LogP contribution in [-0.2, 0) is 0 Å². The Morgan fingerprint density at radius 2 is 0.600 bits per heavy atom. The monoisotopic (exact) mass is 404 g/mol. The van der Waals surface area contributed by atoms with E-state index in [9.17, 15) is 0 Å². The van der Waals surface area contributed by atoms with Gasteiger partial charge in [0.1, 0.15) is 0 Å². The van der Waals surface area contributed by atoms with E-state index < -0.39 is 0 Å².